The van der Waals surface area contributed by atoms with Gasteiger partial charge in [-0.25, -0.2) is 0 Å². The minimum atomic E-state index is -0.184. The summed E-state index contributed by atoms with van der Waals surface area (Å²) in [5.74, 6) is 0. The third-order valence-electron chi connectivity index (χ3n) is 2.15. The highest BCUT2D eigenvalue weighted by molar-refractivity contribution is 5.57. The van der Waals surface area contributed by atoms with E-state index < -0.39 is 0 Å². The first kappa shape index (κ1) is 9.85. The quantitative estimate of drug-likeness (QED) is 0.653. The topological polar surface area (TPSA) is 42.6 Å². The van der Waals surface area contributed by atoms with Crippen molar-refractivity contribution in [3.63, 3.8) is 0 Å². The second kappa shape index (κ2) is 4.70. The molecule has 0 amide bonds. The predicted octanol–water partition coefficient (Wildman–Crippen LogP) is 1.22. The summed E-state index contributed by atoms with van der Waals surface area (Å²) in [6, 6.07) is 2.25. The minimum Gasteiger partial charge on any atom is -0.328 e. The normalized spacial score (nSPS) is 20.8. The van der Waals surface area contributed by atoms with Crippen molar-refractivity contribution in [1.29, 1.82) is 5.26 Å². The molecule has 0 aliphatic carbocycles. The van der Waals surface area contributed by atoms with Gasteiger partial charge in [-0.3, -0.25) is 5.01 Å². The van der Waals surface area contributed by atoms with Gasteiger partial charge in [-0.05, 0) is 13.3 Å². The molecule has 0 fully saturated rings. The van der Waals surface area contributed by atoms with Crippen molar-refractivity contribution in [1.82, 2.24) is 9.91 Å². The highest BCUT2D eigenvalue weighted by Crippen LogP contribution is 2.11. The van der Waals surface area contributed by atoms with E-state index in [0.717, 1.165) is 25.9 Å². The number of hydrogen-bond donors (Lipinski definition) is 0. The maximum absolute atomic E-state index is 8.92. The van der Waals surface area contributed by atoms with E-state index in [1.807, 2.05) is 11.8 Å². The van der Waals surface area contributed by atoms with Crippen molar-refractivity contribution in [2.24, 2.45) is 5.10 Å². The molecule has 0 bridgehead atoms. The average molecular weight is 180 g/mol. The Balaban J connectivity index is 2.49. The zero-order valence-corrected chi connectivity index (χ0v) is 8.27. The summed E-state index contributed by atoms with van der Waals surface area (Å²) in [6.07, 6.45) is 3.85. The largest absolute Gasteiger partial charge is 0.328 e. The zero-order chi connectivity index (χ0) is 9.68. The molecule has 0 aromatic heterocycles. The number of hydrazone groups is 1. The molecule has 1 unspecified atom stereocenters. The van der Waals surface area contributed by atoms with Gasteiger partial charge in [0.05, 0.1) is 0 Å². The van der Waals surface area contributed by atoms with E-state index in [-0.39, 0.29) is 6.17 Å². The number of rotatable bonds is 4. The van der Waals surface area contributed by atoms with E-state index in [4.69, 9.17) is 5.26 Å². The number of unbranched alkanes of at least 4 members (excludes halogenated alkanes) is 1. The molecule has 1 atom stereocenters. The maximum atomic E-state index is 8.92. The molecule has 4 heteroatoms. The SMILES string of the molecule is CCCCN1C=NN(CC)C1C#N. The van der Waals surface area contributed by atoms with E-state index in [0.29, 0.717) is 0 Å². The summed E-state index contributed by atoms with van der Waals surface area (Å²) < 4.78 is 0. The summed E-state index contributed by atoms with van der Waals surface area (Å²) in [4.78, 5) is 1.99. The van der Waals surface area contributed by atoms with E-state index >= 15 is 0 Å². The van der Waals surface area contributed by atoms with Crippen LogP contribution in [0.5, 0.6) is 0 Å². The lowest BCUT2D eigenvalue weighted by Crippen LogP contribution is -2.38. The Labute approximate surface area is 79.4 Å². The molecule has 0 aromatic rings. The fourth-order valence-corrected chi connectivity index (χ4v) is 1.35. The van der Waals surface area contributed by atoms with Gasteiger partial charge in [-0.15, -0.1) is 0 Å². The average Bonchev–Trinajstić information content (AvgIpc) is 2.56. The maximum Gasteiger partial charge on any atom is 0.207 e. The van der Waals surface area contributed by atoms with Gasteiger partial charge in [0, 0.05) is 13.1 Å². The molecule has 72 valence electrons. The fourth-order valence-electron chi connectivity index (χ4n) is 1.35. The van der Waals surface area contributed by atoms with Crippen LogP contribution in [0.25, 0.3) is 0 Å². The van der Waals surface area contributed by atoms with Crippen LogP contribution in [0, 0.1) is 11.3 Å². The van der Waals surface area contributed by atoms with Gasteiger partial charge < -0.3 is 4.90 Å². The van der Waals surface area contributed by atoms with Crippen LogP contribution in [-0.4, -0.2) is 35.5 Å². The lowest BCUT2D eigenvalue weighted by Gasteiger charge is -2.23. The molecule has 13 heavy (non-hydrogen) atoms. The Morgan fingerprint density at radius 2 is 2.31 bits per heavy atom. The van der Waals surface area contributed by atoms with Crippen LogP contribution in [-0.2, 0) is 0 Å². The Kier molecular flexibility index (Phi) is 3.56. The number of hydrogen-bond acceptors (Lipinski definition) is 4. The third kappa shape index (κ3) is 2.11. The molecule has 0 N–H and O–H groups in total. The van der Waals surface area contributed by atoms with Crippen LogP contribution < -0.4 is 0 Å². The van der Waals surface area contributed by atoms with Gasteiger partial charge in [-0.1, -0.05) is 13.3 Å². The molecule has 0 saturated heterocycles. The smallest absolute Gasteiger partial charge is 0.207 e. The van der Waals surface area contributed by atoms with E-state index in [9.17, 15) is 0 Å². The summed E-state index contributed by atoms with van der Waals surface area (Å²) in [5.41, 5.74) is 0. The van der Waals surface area contributed by atoms with Crippen molar-refractivity contribution in [2.75, 3.05) is 13.1 Å². The van der Waals surface area contributed by atoms with Crippen LogP contribution in [0.4, 0.5) is 0 Å². The van der Waals surface area contributed by atoms with Gasteiger partial charge >= 0.3 is 0 Å². The highest BCUT2D eigenvalue weighted by atomic mass is 15.6. The first-order valence-electron chi connectivity index (χ1n) is 4.79. The van der Waals surface area contributed by atoms with E-state index in [1.54, 1.807) is 11.3 Å². The van der Waals surface area contributed by atoms with Crippen LogP contribution >= 0.6 is 0 Å². The van der Waals surface area contributed by atoms with Gasteiger partial charge in [0.1, 0.15) is 12.4 Å². The van der Waals surface area contributed by atoms with E-state index in [2.05, 4.69) is 18.1 Å². The first-order chi connectivity index (χ1) is 6.33. The van der Waals surface area contributed by atoms with Gasteiger partial charge in [0.2, 0.25) is 6.17 Å². The molecule has 0 aromatic carbocycles. The molecule has 0 saturated carbocycles. The summed E-state index contributed by atoms with van der Waals surface area (Å²) >= 11 is 0. The Hall–Kier alpha value is -1.24. The molecule has 1 rings (SSSR count). The Bertz CT molecular complexity index is 218. The van der Waals surface area contributed by atoms with Crippen molar-refractivity contribution in [3.05, 3.63) is 0 Å². The minimum absolute atomic E-state index is 0.184. The van der Waals surface area contributed by atoms with Crippen molar-refractivity contribution in [3.8, 4) is 6.07 Å². The van der Waals surface area contributed by atoms with Crippen molar-refractivity contribution >= 4 is 6.34 Å². The Morgan fingerprint density at radius 1 is 1.54 bits per heavy atom. The third-order valence-corrected chi connectivity index (χ3v) is 2.15. The van der Waals surface area contributed by atoms with Gasteiger partial charge in [0.15, 0.2) is 0 Å². The summed E-state index contributed by atoms with van der Waals surface area (Å²) in [5, 5.41) is 14.9. The molecule has 1 aliphatic heterocycles. The summed E-state index contributed by atoms with van der Waals surface area (Å²) in [7, 11) is 0. The standard InChI is InChI=1S/C9H16N4/c1-3-5-6-12-8-11-13(4-2)9(12)7-10/h8-9H,3-6H2,1-2H3. The van der Waals surface area contributed by atoms with Crippen LogP contribution in [0.15, 0.2) is 5.10 Å². The molecule has 0 spiro atoms. The molecule has 4 nitrogen and oxygen atoms in total. The molecular formula is C9H16N4. The van der Waals surface area contributed by atoms with Crippen molar-refractivity contribution in [2.45, 2.75) is 32.9 Å². The van der Waals surface area contributed by atoms with Crippen LogP contribution in [0.3, 0.4) is 0 Å². The molecule has 1 aliphatic rings. The second-order valence-electron chi connectivity index (χ2n) is 3.08. The van der Waals surface area contributed by atoms with Crippen LogP contribution in [0.2, 0.25) is 0 Å². The predicted molar refractivity (Wildman–Crippen MR) is 51.9 cm³/mol. The van der Waals surface area contributed by atoms with E-state index in [1.165, 1.54) is 0 Å². The lowest BCUT2D eigenvalue weighted by molar-refractivity contribution is 0.184. The highest BCUT2D eigenvalue weighted by Gasteiger charge is 2.25. The monoisotopic (exact) mass is 180 g/mol. The molecule has 0 radical (unpaired) electrons. The van der Waals surface area contributed by atoms with Gasteiger partial charge in [0.25, 0.3) is 0 Å². The molecule has 1 heterocycles. The van der Waals surface area contributed by atoms with Crippen LogP contribution in [0.1, 0.15) is 26.7 Å². The Morgan fingerprint density at radius 3 is 2.85 bits per heavy atom. The first-order valence-corrected chi connectivity index (χ1v) is 4.79. The number of nitriles is 1. The summed E-state index contributed by atoms with van der Waals surface area (Å²) in [6.45, 7) is 5.86. The molecular weight excluding hydrogens is 164 g/mol. The second-order valence-corrected chi connectivity index (χ2v) is 3.08. The lowest BCUT2D eigenvalue weighted by atomic mass is 10.3. The van der Waals surface area contributed by atoms with Gasteiger partial charge in [-0.2, -0.15) is 10.4 Å². The zero-order valence-electron chi connectivity index (χ0n) is 8.27. The fraction of sp³-hybridized carbons (Fsp3) is 0.778. The number of nitrogens with zero attached hydrogens (tertiary/aromatic N) is 4. The van der Waals surface area contributed by atoms with Crippen molar-refractivity contribution < 1.29 is 0 Å².